The highest BCUT2D eigenvalue weighted by atomic mass is 19.1. The Labute approximate surface area is 229 Å². The number of amides is 1. The molecular weight excluding hydrogens is 509 g/mol. The van der Waals surface area contributed by atoms with Crippen molar-refractivity contribution in [2.75, 3.05) is 5.32 Å². The summed E-state index contributed by atoms with van der Waals surface area (Å²) in [5, 5.41) is 18.2. The van der Waals surface area contributed by atoms with E-state index in [0.29, 0.717) is 29.2 Å². The van der Waals surface area contributed by atoms with E-state index >= 15 is 0 Å². The third-order valence-corrected chi connectivity index (χ3v) is 6.63. The van der Waals surface area contributed by atoms with Gasteiger partial charge >= 0.3 is 0 Å². The van der Waals surface area contributed by atoms with Crippen molar-refractivity contribution >= 4 is 28.2 Å². The van der Waals surface area contributed by atoms with E-state index in [1.54, 1.807) is 24.8 Å². The first-order valence-corrected chi connectivity index (χ1v) is 12.7. The Hall–Kier alpha value is -5.12. The number of benzene rings is 1. The number of H-pyrrole nitrogens is 1. The highest BCUT2D eigenvalue weighted by molar-refractivity contribution is 6.15. The van der Waals surface area contributed by atoms with Crippen molar-refractivity contribution in [3.8, 4) is 28.1 Å². The predicted octanol–water partition coefficient (Wildman–Crippen LogP) is 5.37. The van der Waals surface area contributed by atoms with Gasteiger partial charge in [0.05, 0.1) is 35.5 Å². The molecule has 0 atom stereocenters. The number of hydrazone groups is 1. The van der Waals surface area contributed by atoms with Crippen molar-refractivity contribution in [1.82, 2.24) is 25.4 Å². The lowest BCUT2D eigenvalue weighted by Gasteiger charge is -2.18. The molecule has 6 rings (SSSR count). The minimum atomic E-state index is -0.547. The first-order chi connectivity index (χ1) is 19.2. The van der Waals surface area contributed by atoms with Gasteiger partial charge in [-0.15, -0.1) is 0 Å². The van der Waals surface area contributed by atoms with Crippen LogP contribution in [0.1, 0.15) is 37.7 Å². The number of phenolic OH excluding ortho intramolecular Hbond substituents is 1. The summed E-state index contributed by atoms with van der Waals surface area (Å²) in [6.45, 7) is 6.03. The van der Waals surface area contributed by atoms with Gasteiger partial charge in [-0.05, 0) is 36.4 Å². The van der Waals surface area contributed by atoms with Crippen LogP contribution in [0, 0.1) is 11.2 Å². The third-order valence-electron chi connectivity index (χ3n) is 6.63. The summed E-state index contributed by atoms with van der Waals surface area (Å²) >= 11 is 0. The molecule has 4 N–H and O–H groups in total. The summed E-state index contributed by atoms with van der Waals surface area (Å²) in [7, 11) is 0. The van der Waals surface area contributed by atoms with Crippen molar-refractivity contribution in [3.63, 3.8) is 0 Å². The van der Waals surface area contributed by atoms with Crippen LogP contribution < -0.4 is 10.7 Å². The zero-order valence-electron chi connectivity index (χ0n) is 22.1. The van der Waals surface area contributed by atoms with Gasteiger partial charge in [0.25, 0.3) is 0 Å². The number of rotatable bonds is 4. The van der Waals surface area contributed by atoms with Gasteiger partial charge in [-0.3, -0.25) is 19.7 Å². The molecule has 4 aromatic heterocycles. The molecule has 0 saturated heterocycles. The van der Waals surface area contributed by atoms with Crippen molar-refractivity contribution in [2.24, 2.45) is 10.5 Å². The van der Waals surface area contributed by atoms with Crippen LogP contribution in [0.3, 0.4) is 0 Å². The molecule has 0 unspecified atom stereocenters. The lowest BCUT2D eigenvalue weighted by Crippen LogP contribution is -2.27. The summed E-state index contributed by atoms with van der Waals surface area (Å²) in [4.78, 5) is 29.3. The van der Waals surface area contributed by atoms with Gasteiger partial charge in [0, 0.05) is 63.2 Å². The molecule has 0 aliphatic carbocycles. The lowest BCUT2D eigenvalue weighted by molar-refractivity contribution is -0.123. The zero-order chi connectivity index (χ0) is 28.0. The number of pyridine rings is 3. The van der Waals surface area contributed by atoms with E-state index in [0.717, 1.165) is 45.0 Å². The Balaban J connectivity index is 1.38. The number of nitrogens with zero attached hydrogens (tertiary/aromatic N) is 4. The third kappa shape index (κ3) is 4.75. The Bertz CT molecular complexity index is 1800. The molecule has 9 nitrogen and oxygen atoms in total. The summed E-state index contributed by atoms with van der Waals surface area (Å²) in [6, 6.07) is 11.5. The van der Waals surface area contributed by atoms with Crippen LogP contribution in [-0.4, -0.2) is 36.7 Å². The van der Waals surface area contributed by atoms with Gasteiger partial charge in [0.2, 0.25) is 5.91 Å². The molecule has 10 heteroatoms. The highest BCUT2D eigenvalue weighted by Crippen LogP contribution is 2.32. The zero-order valence-corrected chi connectivity index (χ0v) is 22.1. The first-order valence-electron chi connectivity index (χ1n) is 12.7. The number of carbonyl (C=O) groups excluding carboxylic acids is 1. The Kier molecular flexibility index (Phi) is 6.02. The maximum atomic E-state index is 14.0. The fourth-order valence-electron chi connectivity index (χ4n) is 4.56. The van der Waals surface area contributed by atoms with Crippen molar-refractivity contribution in [2.45, 2.75) is 27.3 Å². The first kappa shape index (κ1) is 25.2. The van der Waals surface area contributed by atoms with Crippen LogP contribution in [0.5, 0.6) is 5.75 Å². The number of phenols is 1. The quantitative estimate of drug-likeness (QED) is 0.245. The van der Waals surface area contributed by atoms with E-state index in [1.165, 1.54) is 12.1 Å². The molecule has 5 heterocycles. The average Bonchev–Trinajstić information content (AvgIpc) is 3.36. The van der Waals surface area contributed by atoms with E-state index in [-0.39, 0.29) is 11.7 Å². The summed E-state index contributed by atoms with van der Waals surface area (Å²) in [5.74, 6) is -0.819. The molecule has 200 valence electrons. The number of aromatic hydroxyl groups is 1. The molecule has 40 heavy (non-hydrogen) atoms. The second-order valence-corrected chi connectivity index (χ2v) is 10.7. The number of hydrogen-bond donors (Lipinski definition) is 4. The van der Waals surface area contributed by atoms with Crippen molar-refractivity contribution < 1.29 is 14.3 Å². The fourth-order valence-corrected chi connectivity index (χ4v) is 4.56. The lowest BCUT2D eigenvalue weighted by atomic mass is 9.95. The fraction of sp³-hybridized carbons (Fsp3) is 0.167. The molecule has 0 spiro atoms. The number of halogens is 1. The van der Waals surface area contributed by atoms with E-state index in [2.05, 4.69) is 35.8 Å². The molecule has 1 amide bonds. The topological polar surface area (TPSA) is 128 Å². The minimum Gasteiger partial charge on any atom is -0.508 e. The SMILES string of the molecule is CC(C)(C)C(=O)Nc1cncc(-c2cnc3c(c2)C(c2cc4c(-c5cc(O)cc(F)c5)nccc4[nH]2)=NNC3)c1. The number of carbonyl (C=O) groups is 1. The number of hydrogen-bond acceptors (Lipinski definition) is 7. The summed E-state index contributed by atoms with van der Waals surface area (Å²) in [5.41, 5.74) is 9.56. The van der Waals surface area contributed by atoms with Gasteiger partial charge in [0.1, 0.15) is 17.3 Å². The smallest absolute Gasteiger partial charge is 0.229 e. The second kappa shape index (κ2) is 9.57. The summed E-state index contributed by atoms with van der Waals surface area (Å²) < 4.78 is 14.0. The Morgan fingerprint density at radius 2 is 1.82 bits per heavy atom. The standard InChI is InChI=1S/C30H26FN7O2/c1-30(2,3)29(40)36-20-7-17(12-32-14-20)18-9-22-26(34-13-18)15-35-38-28(22)25-11-23-24(37-25)4-5-33-27(23)16-6-19(31)10-21(39)8-16/h4-14,35,37,39H,15H2,1-3H3,(H,36,40). The molecule has 1 aromatic carbocycles. The molecule has 0 saturated carbocycles. The number of nitrogens with one attached hydrogen (secondary N) is 3. The van der Waals surface area contributed by atoms with Crippen LogP contribution in [-0.2, 0) is 11.3 Å². The van der Waals surface area contributed by atoms with E-state index in [9.17, 15) is 14.3 Å². The van der Waals surface area contributed by atoms with Crippen molar-refractivity contribution in [1.29, 1.82) is 0 Å². The molecular formula is C30H26FN7O2. The number of aromatic amines is 1. The van der Waals surface area contributed by atoms with Crippen LogP contribution in [0.2, 0.25) is 0 Å². The van der Waals surface area contributed by atoms with Crippen molar-refractivity contribution in [3.05, 3.63) is 90.0 Å². The van der Waals surface area contributed by atoms with Gasteiger partial charge in [-0.1, -0.05) is 20.8 Å². The van der Waals surface area contributed by atoms with E-state index in [1.807, 2.05) is 45.0 Å². The van der Waals surface area contributed by atoms with Crippen LogP contribution in [0.15, 0.2) is 72.4 Å². The second-order valence-electron chi connectivity index (χ2n) is 10.7. The Morgan fingerprint density at radius 1 is 1.00 bits per heavy atom. The molecule has 0 bridgehead atoms. The minimum absolute atomic E-state index is 0.100. The average molecular weight is 536 g/mol. The van der Waals surface area contributed by atoms with Crippen LogP contribution in [0.25, 0.3) is 33.3 Å². The molecule has 0 fully saturated rings. The molecule has 1 aliphatic heterocycles. The van der Waals surface area contributed by atoms with Gasteiger partial charge in [0.15, 0.2) is 0 Å². The Morgan fingerprint density at radius 3 is 2.62 bits per heavy atom. The maximum Gasteiger partial charge on any atom is 0.229 e. The molecule has 1 aliphatic rings. The van der Waals surface area contributed by atoms with Crippen LogP contribution in [0.4, 0.5) is 10.1 Å². The van der Waals surface area contributed by atoms with E-state index < -0.39 is 11.2 Å². The normalized spacial score (nSPS) is 12.9. The monoisotopic (exact) mass is 535 g/mol. The number of anilines is 1. The van der Waals surface area contributed by atoms with Crippen LogP contribution >= 0.6 is 0 Å². The number of fused-ring (bicyclic) bond motifs is 2. The van der Waals surface area contributed by atoms with E-state index in [4.69, 9.17) is 0 Å². The van der Waals surface area contributed by atoms with Gasteiger partial charge in [-0.2, -0.15) is 5.10 Å². The maximum absolute atomic E-state index is 14.0. The largest absolute Gasteiger partial charge is 0.508 e. The van der Waals surface area contributed by atoms with Gasteiger partial charge < -0.3 is 20.8 Å². The van der Waals surface area contributed by atoms with Gasteiger partial charge in [-0.25, -0.2) is 4.39 Å². The molecule has 5 aromatic rings. The highest BCUT2D eigenvalue weighted by Gasteiger charge is 2.23. The summed E-state index contributed by atoms with van der Waals surface area (Å²) in [6.07, 6.45) is 6.75. The predicted molar refractivity (Wildman–Crippen MR) is 151 cm³/mol. The molecule has 0 radical (unpaired) electrons. The number of aromatic nitrogens is 4.